The van der Waals surface area contributed by atoms with Gasteiger partial charge in [0.15, 0.2) is 0 Å². The van der Waals surface area contributed by atoms with Gasteiger partial charge in [0.25, 0.3) is 0 Å². The van der Waals surface area contributed by atoms with E-state index < -0.39 is 5.97 Å². The van der Waals surface area contributed by atoms with Gasteiger partial charge in [-0.15, -0.1) is 0 Å². The van der Waals surface area contributed by atoms with Crippen LogP contribution in [0, 0.1) is 0 Å². The van der Waals surface area contributed by atoms with E-state index in [4.69, 9.17) is 9.84 Å². The summed E-state index contributed by atoms with van der Waals surface area (Å²) in [5.74, 6) is -0.0382. The van der Waals surface area contributed by atoms with Crippen LogP contribution in [0.25, 0.3) is 17.2 Å². The summed E-state index contributed by atoms with van der Waals surface area (Å²) in [7, 11) is 0. The van der Waals surface area contributed by atoms with Crippen molar-refractivity contribution in [2.45, 2.75) is 12.8 Å². The number of benzene rings is 2. The lowest BCUT2D eigenvalue weighted by Crippen LogP contribution is -2.01. The van der Waals surface area contributed by atoms with Gasteiger partial charge in [0.1, 0.15) is 5.75 Å². The molecule has 0 aromatic heterocycles. The van der Waals surface area contributed by atoms with Crippen molar-refractivity contribution in [3.63, 3.8) is 0 Å². The van der Waals surface area contributed by atoms with E-state index in [0.29, 0.717) is 13.0 Å². The Morgan fingerprint density at radius 3 is 2.14 bits per heavy atom. The molecule has 0 heterocycles. The lowest BCUT2D eigenvalue weighted by atomic mass is 10.0. The van der Waals surface area contributed by atoms with Gasteiger partial charge >= 0.3 is 5.97 Å². The largest absolute Gasteiger partial charge is 0.494 e. The highest BCUT2D eigenvalue weighted by atomic mass is 16.5. The van der Waals surface area contributed by atoms with E-state index in [1.165, 1.54) is 0 Å². The van der Waals surface area contributed by atoms with Crippen molar-refractivity contribution in [3.05, 3.63) is 60.7 Å². The fraction of sp³-hybridized carbons (Fsp3) is 0.167. The Kier molecular flexibility index (Phi) is 5.16. The molecule has 3 heteroatoms. The zero-order valence-electron chi connectivity index (χ0n) is 11.8. The van der Waals surface area contributed by atoms with Crippen molar-refractivity contribution in [1.82, 2.24) is 0 Å². The Labute approximate surface area is 124 Å². The second-order valence-corrected chi connectivity index (χ2v) is 4.70. The molecule has 2 aromatic carbocycles. The molecule has 0 saturated heterocycles. The van der Waals surface area contributed by atoms with Crippen molar-refractivity contribution in [2.24, 2.45) is 0 Å². The summed E-state index contributed by atoms with van der Waals surface area (Å²) in [4.78, 5) is 10.4. The summed E-state index contributed by atoms with van der Waals surface area (Å²) < 4.78 is 5.51. The van der Waals surface area contributed by atoms with Crippen molar-refractivity contribution in [2.75, 3.05) is 6.61 Å². The first-order valence-electron chi connectivity index (χ1n) is 6.86. The summed E-state index contributed by atoms with van der Waals surface area (Å²) in [6.07, 6.45) is 2.46. The molecular formula is C18H18O3. The first-order valence-corrected chi connectivity index (χ1v) is 6.86. The Morgan fingerprint density at radius 1 is 1.05 bits per heavy atom. The van der Waals surface area contributed by atoms with E-state index >= 15 is 0 Å². The van der Waals surface area contributed by atoms with Gasteiger partial charge in [0.2, 0.25) is 0 Å². The molecule has 0 aliphatic rings. The molecule has 0 unspecified atom stereocenters. The minimum atomic E-state index is -0.795. The van der Waals surface area contributed by atoms with Gasteiger partial charge in [-0.05, 0) is 35.2 Å². The quantitative estimate of drug-likeness (QED) is 0.773. The van der Waals surface area contributed by atoms with Gasteiger partial charge in [-0.3, -0.25) is 4.79 Å². The molecule has 0 spiro atoms. The molecule has 0 aliphatic heterocycles. The SMILES string of the molecule is C=Cc1ccc(-c2ccc(OCCCC(=O)O)cc2)cc1. The molecule has 0 atom stereocenters. The maximum absolute atomic E-state index is 10.4. The van der Waals surface area contributed by atoms with Gasteiger partial charge in [0.05, 0.1) is 6.61 Å². The third-order valence-electron chi connectivity index (χ3n) is 3.14. The van der Waals surface area contributed by atoms with Crippen LogP contribution in [0.5, 0.6) is 5.75 Å². The number of carboxylic acid groups (broad SMARTS) is 1. The maximum Gasteiger partial charge on any atom is 0.303 e. The predicted octanol–water partition coefficient (Wildman–Crippen LogP) is 4.24. The molecule has 0 amide bonds. The molecule has 2 rings (SSSR count). The number of rotatable bonds is 7. The van der Waals surface area contributed by atoms with Gasteiger partial charge in [0, 0.05) is 6.42 Å². The van der Waals surface area contributed by atoms with Crippen molar-refractivity contribution >= 4 is 12.0 Å². The minimum absolute atomic E-state index is 0.133. The third kappa shape index (κ3) is 4.49. The van der Waals surface area contributed by atoms with E-state index in [0.717, 1.165) is 22.4 Å². The lowest BCUT2D eigenvalue weighted by Gasteiger charge is -2.07. The molecule has 0 saturated carbocycles. The number of carbonyl (C=O) groups is 1. The Hall–Kier alpha value is -2.55. The molecule has 21 heavy (non-hydrogen) atoms. The van der Waals surface area contributed by atoms with Gasteiger partial charge < -0.3 is 9.84 Å². The summed E-state index contributed by atoms with van der Waals surface area (Å²) in [5, 5.41) is 8.55. The standard InChI is InChI=1S/C18H18O3/c1-2-14-5-7-15(8-6-14)16-9-11-17(12-10-16)21-13-3-4-18(19)20/h2,5-12H,1,3-4,13H2,(H,19,20). The Balaban J connectivity index is 1.94. The first-order chi connectivity index (χ1) is 10.2. The van der Waals surface area contributed by atoms with E-state index in [-0.39, 0.29) is 6.42 Å². The molecule has 0 fully saturated rings. The summed E-state index contributed by atoms with van der Waals surface area (Å²) in [5.41, 5.74) is 3.35. The van der Waals surface area contributed by atoms with Crippen LogP contribution >= 0.6 is 0 Å². The average Bonchev–Trinajstić information content (AvgIpc) is 2.52. The van der Waals surface area contributed by atoms with Gasteiger partial charge in [-0.2, -0.15) is 0 Å². The molecule has 108 valence electrons. The van der Waals surface area contributed by atoms with Crippen LogP contribution in [0.4, 0.5) is 0 Å². The molecule has 0 bridgehead atoms. The number of hydrogen-bond acceptors (Lipinski definition) is 2. The lowest BCUT2D eigenvalue weighted by molar-refractivity contribution is -0.137. The average molecular weight is 282 g/mol. The van der Waals surface area contributed by atoms with Gasteiger partial charge in [-0.25, -0.2) is 0 Å². The highest BCUT2D eigenvalue weighted by Gasteiger charge is 2.00. The van der Waals surface area contributed by atoms with Crippen molar-refractivity contribution in [3.8, 4) is 16.9 Å². The second-order valence-electron chi connectivity index (χ2n) is 4.70. The van der Waals surface area contributed by atoms with E-state index in [9.17, 15) is 4.79 Å². The molecule has 0 aliphatic carbocycles. The molecule has 1 N–H and O–H groups in total. The number of carboxylic acids is 1. The van der Waals surface area contributed by atoms with Crippen LogP contribution in [0.15, 0.2) is 55.1 Å². The summed E-state index contributed by atoms with van der Waals surface area (Å²) in [6, 6.07) is 16.0. The highest BCUT2D eigenvalue weighted by Crippen LogP contribution is 2.23. The van der Waals surface area contributed by atoms with E-state index in [2.05, 4.69) is 18.7 Å². The number of hydrogen-bond donors (Lipinski definition) is 1. The zero-order chi connectivity index (χ0) is 15.1. The van der Waals surface area contributed by atoms with Crippen molar-refractivity contribution < 1.29 is 14.6 Å². The smallest absolute Gasteiger partial charge is 0.303 e. The molecular weight excluding hydrogens is 264 g/mol. The maximum atomic E-state index is 10.4. The second kappa shape index (κ2) is 7.29. The summed E-state index contributed by atoms with van der Waals surface area (Å²) in [6.45, 7) is 4.15. The molecule has 0 radical (unpaired) electrons. The predicted molar refractivity (Wildman–Crippen MR) is 84.3 cm³/mol. The van der Waals surface area contributed by atoms with Crippen LogP contribution in [0.2, 0.25) is 0 Å². The van der Waals surface area contributed by atoms with Crippen LogP contribution < -0.4 is 4.74 Å². The minimum Gasteiger partial charge on any atom is -0.494 e. The monoisotopic (exact) mass is 282 g/mol. The number of aliphatic carboxylic acids is 1. The first kappa shape index (κ1) is 14.9. The fourth-order valence-corrected chi connectivity index (χ4v) is 1.97. The van der Waals surface area contributed by atoms with E-state index in [1.807, 2.05) is 42.5 Å². The molecule has 2 aromatic rings. The highest BCUT2D eigenvalue weighted by molar-refractivity contribution is 5.67. The van der Waals surface area contributed by atoms with E-state index in [1.54, 1.807) is 0 Å². The molecule has 3 nitrogen and oxygen atoms in total. The zero-order valence-corrected chi connectivity index (χ0v) is 11.8. The Bertz CT molecular complexity index is 597. The topological polar surface area (TPSA) is 46.5 Å². The van der Waals surface area contributed by atoms with Crippen LogP contribution in [0.1, 0.15) is 18.4 Å². The summed E-state index contributed by atoms with van der Waals surface area (Å²) >= 11 is 0. The van der Waals surface area contributed by atoms with Gasteiger partial charge in [-0.1, -0.05) is 49.1 Å². The van der Waals surface area contributed by atoms with Crippen molar-refractivity contribution in [1.29, 1.82) is 0 Å². The van der Waals surface area contributed by atoms with Crippen LogP contribution in [-0.4, -0.2) is 17.7 Å². The fourth-order valence-electron chi connectivity index (χ4n) is 1.97. The van der Waals surface area contributed by atoms with Crippen LogP contribution in [-0.2, 0) is 4.79 Å². The van der Waals surface area contributed by atoms with Crippen LogP contribution in [0.3, 0.4) is 0 Å². The number of ether oxygens (including phenoxy) is 1. The Morgan fingerprint density at radius 2 is 1.62 bits per heavy atom. The third-order valence-corrected chi connectivity index (χ3v) is 3.14. The normalized spacial score (nSPS) is 10.1.